The second kappa shape index (κ2) is 5.71. The van der Waals surface area contributed by atoms with Crippen LogP contribution < -0.4 is 10.6 Å². The lowest BCUT2D eigenvalue weighted by molar-refractivity contribution is -0.115. The molecule has 1 aromatic carbocycles. The first-order valence-corrected chi connectivity index (χ1v) is 6.37. The zero-order valence-electron chi connectivity index (χ0n) is 9.30. The van der Waals surface area contributed by atoms with Crippen molar-refractivity contribution >= 4 is 34.8 Å². The van der Waals surface area contributed by atoms with Gasteiger partial charge >= 0.3 is 0 Å². The lowest BCUT2D eigenvalue weighted by atomic mass is 10.3. The quantitative estimate of drug-likeness (QED) is 0.866. The molecule has 0 bridgehead atoms. The molecule has 1 aliphatic carbocycles. The third-order valence-corrected chi connectivity index (χ3v) is 3.46. The van der Waals surface area contributed by atoms with Gasteiger partial charge in [0, 0.05) is 0 Å². The molecule has 0 unspecified atom stereocenters. The van der Waals surface area contributed by atoms with E-state index in [9.17, 15) is 4.79 Å². The Labute approximate surface area is 110 Å². The SMILES string of the molecule is O=C(CNCC1CC1)Nc1cccc(Cl)c1Cl. The molecule has 1 aliphatic rings. The Hall–Kier alpha value is -0.770. The number of carbonyl (C=O) groups is 1. The first-order valence-electron chi connectivity index (χ1n) is 5.61. The van der Waals surface area contributed by atoms with Crippen LogP contribution in [0.1, 0.15) is 12.8 Å². The molecule has 2 N–H and O–H groups in total. The highest BCUT2D eigenvalue weighted by Crippen LogP contribution is 2.29. The van der Waals surface area contributed by atoms with Crippen molar-refractivity contribution in [2.45, 2.75) is 12.8 Å². The molecule has 0 atom stereocenters. The van der Waals surface area contributed by atoms with E-state index in [4.69, 9.17) is 23.2 Å². The Kier molecular flexibility index (Phi) is 4.26. The molecule has 1 fully saturated rings. The predicted molar refractivity (Wildman–Crippen MR) is 70.7 cm³/mol. The van der Waals surface area contributed by atoms with Crippen LogP contribution >= 0.6 is 23.2 Å². The molecule has 5 heteroatoms. The van der Waals surface area contributed by atoms with Crippen molar-refractivity contribution in [1.82, 2.24) is 5.32 Å². The third-order valence-electron chi connectivity index (χ3n) is 2.64. The molecule has 92 valence electrons. The highest BCUT2D eigenvalue weighted by atomic mass is 35.5. The topological polar surface area (TPSA) is 41.1 Å². The van der Waals surface area contributed by atoms with E-state index < -0.39 is 0 Å². The number of carbonyl (C=O) groups excluding carboxylic acids is 1. The van der Waals surface area contributed by atoms with Crippen molar-refractivity contribution in [1.29, 1.82) is 0 Å². The van der Waals surface area contributed by atoms with Gasteiger partial charge in [0.25, 0.3) is 0 Å². The van der Waals surface area contributed by atoms with E-state index in [1.807, 2.05) is 0 Å². The molecule has 0 heterocycles. The molecule has 0 spiro atoms. The Morgan fingerprint density at radius 1 is 1.35 bits per heavy atom. The minimum atomic E-state index is -0.102. The van der Waals surface area contributed by atoms with E-state index in [0.717, 1.165) is 12.5 Å². The fraction of sp³-hybridized carbons (Fsp3) is 0.417. The third kappa shape index (κ3) is 3.87. The zero-order valence-corrected chi connectivity index (χ0v) is 10.8. The maximum absolute atomic E-state index is 11.6. The molecule has 0 aliphatic heterocycles. The van der Waals surface area contributed by atoms with Gasteiger partial charge in [0.2, 0.25) is 5.91 Å². The van der Waals surface area contributed by atoms with Crippen molar-refractivity contribution < 1.29 is 4.79 Å². The number of anilines is 1. The van der Waals surface area contributed by atoms with E-state index in [-0.39, 0.29) is 5.91 Å². The summed E-state index contributed by atoms with van der Waals surface area (Å²) in [6, 6.07) is 5.17. The minimum Gasteiger partial charge on any atom is -0.324 e. The van der Waals surface area contributed by atoms with Crippen LogP contribution in [0.3, 0.4) is 0 Å². The van der Waals surface area contributed by atoms with Crippen molar-refractivity contribution in [3.8, 4) is 0 Å². The second-order valence-corrected chi connectivity index (χ2v) is 5.01. The highest BCUT2D eigenvalue weighted by Gasteiger charge is 2.20. The van der Waals surface area contributed by atoms with Gasteiger partial charge in [-0.1, -0.05) is 29.3 Å². The molecular weight excluding hydrogens is 259 g/mol. The summed E-state index contributed by atoms with van der Waals surface area (Å²) < 4.78 is 0. The van der Waals surface area contributed by atoms with Gasteiger partial charge < -0.3 is 10.6 Å². The predicted octanol–water partition coefficient (Wildman–Crippen LogP) is 2.93. The van der Waals surface area contributed by atoms with Crippen molar-refractivity contribution in [2.75, 3.05) is 18.4 Å². The van der Waals surface area contributed by atoms with Crippen LogP contribution in [0.4, 0.5) is 5.69 Å². The number of benzene rings is 1. The molecule has 1 saturated carbocycles. The minimum absolute atomic E-state index is 0.102. The van der Waals surface area contributed by atoms with Gasteiger partial charge in [-0.25, -0.2) is 0 Å². The summed E-state index contributed by atoms with van der Waals surface area (Å²) in [4.78, 5) is 11.6. The summed E-state index contributed by atoms with van der Waals surface area (Å²) in [5, 5.41) is 6.66. The van der Waals surface area contributed by atoms with E-state index in [1.165, 1.54) is 12.8 Å². The summed E-state index contributed by atoms with van der Waals surface area (Å²) in [5.74, 6) is 0.660. The van der Waals surface area contributed by atoms with Crippen molar-refractivity contribution in [3.05, 3.63) is 28.2 Å². The normalized spacial score (nSPS) is 14.7. The number of hydrogen-bond acceptors (Lipinski definition) is 2. The van der Waals surface area contributed by atoms with E-state index in [1.54, 1.807) is 18.2 Å². The molecule has 3 nitrogen and oxygen atoms in total. The fourth-order valence-corrected chi connectivity index (χ4v) is 1.85. The average molecular weight is 273 g/mol. The van der Waals surface area contributed by atoms with Crippen molar-refractivity contribution in [3.63, 3.8) is 0 Å². The first kappa shape index (κ1) is 12.7. The monoisotopic (exact) mass is 272 g/mol. The van der Waals surface area contributed by atoms with Crippen LogP contribution in [0.25, 0.3) is 0 Å². The number of nitrogens with one attached hydrogen (secondary N) is 2. The maximum Gasteiger partial charge on any atom is 0.238 e. The maximum atomic E-state index is 11.6. The van der Waals surface area contributed by atoms with Crippen molar-refractivity contribution in [2.24, 2.45) is 5.92 Å². The summed E-state index contributed by atoms with van der Waals surface area (Å²) in [6.07, 6.45) is 2.55. The van der Waals surface area contributed by atoms with Crippen LogP contribution in [0, 0.1) is 5.92 Å². The van der Waals surface area contributed by atoms with Crippen LogP contribution in [0.2, 0.25) is 10.0 Å². The lowest BCUT2D eigenvalue weighted by Gasteiger charge is -2.08. The molecule has 2 rings (SSSR count). The van der Waals surface area contributed by atoms with Gasteiger partial charge in [-0.2, -0.15) is 0 Å². The van der Waals surface area contributed by atoms with Gasteiger partial charge in [-0.05, 0) is 37.4 Å². The van der Waals surface area contributed by atoms with E-state index >= 15 is 0 Å². The molecule has 0 saturated heterocycles. The second-order valence-electron chi connectivity index (χ2n) is 4.22. The summed E-state index contributed by atoms with van der Waals surface area (Å²) >= 11 is 11.8. The number of hydrogen-bond donors (Lipinski definition) is 2. The lowest BCUT2D eigenvalue weighted by Crippen LogP contribution is -2.29. The molecule has 17 heavy (non-hydrogen) atoms. The molecular formula is C12H14Cl2N2O. The smallest absolute Gasteiger partial charge is 0.238 e. The number of amides is 1. The van der Waals surface area contributed by atoms with Gasteiger partial charge in [-0.3, -0.25) is 4.79 Å². The van der Waals surface area contributed by atoms with E-state index in [2.05, 4.69) is 10.6 Å². The Balaban J connectivity index is 1.82. The summed E-state index contributed by atoms with van der Waals surface area (Å²) in [6.45, 7) is 1.22. The molecule has 1 aromatic rings. The average Bonchev–Trinajstić information content (AvgIpc) is 3.09. The van der Waals surface area contributed by atoms with Crippen LogP contribution in [-0.4, -0.2) is 19.0 Å². The Bertz CT molecular complexity index is 419. The van der Waals surface area contributed by atoms with Crippen LogP contribution in [-0.2, 0) is 4.79 Å². The first-order chi connectivity index (χ1) is 8.16. The standard InChI is InChI=1S/C12H14Cl2N2O/c13-9-2-1-3-10(12(9)14)16-11(17)7-15-6-8-4-5-8/h1-3,8,15H,4-7H2,(H,16,17). The van der Waals surface area contributed by atoms with Crippen LogP contribution in [0.5, 0.6) is 0 Å². The fourth-order valence-electron chi connectivity index (χ4n) is 1.51. The Morgan fingerprint density at radius 3 is 2.82 bits per heavy atom. The summed E-state index contributed by atoms with van der Waals surface area (Å²) in [7, 11) is 0. The number of halogens is 2. The van der Waals surface area contributed by atoms with Crippen LogP contribution in [0.15, 0.2) is 18.2 Å². The Morgan fingerprint density at radius 2 is 2.12 bits per heavy atom. The molecule has 1 amide bonds. The summed E-state index contributed by atoms with van der Waals surface area (Å²) in [5.41, 5.74) is 0.553. The highest BCUT2D eigenvalue weighted by molar-refractivity contribution is 6.43. The molecule has 0 aromatic heterocycles. The number of rotatable bonds is 5. The largest absolute Gasteiger partial charge is 0.324 e. The van der Waals surface area contributed by atoms with Gasteiger partial charge in [0.05, 0.1) is 22.3 Å². The zero-order chi connectivity index (χ0) is 12.3. The van der Waals surface area contributed by atoms with Gasteiger partial charge in [-0.15, -0.1) is 0 Å². The van der Waals surface area contributed by atoms with Gasteiger partial charge in [0.15, 0.2) is 0 Å². The van der Waals surface area contributed by atoms with Gasteiger partial charge in [0.1, 0.15) is 0 Å². The van der Waals surface area contributed by atoms with E-state index in [0.29, 0.717) is 22.3 Å². The molecule has 0 radical (unpaired) electrons.